The summed E-state index contributed by atoms with van der Waals surface area (Å²) in [5.74, 6) is -0.542. The van der Waals surface area contributed by atoms with Gasteiger partial charge in [0.05, 0.1) is 15.5 Å². The molecule has 0 bridgehead atoms. The lowest BCUT2D eigenvalue weighted by Gasteiger charge is -2.26. The van der Waals surface area contributed by atoms with Crippen molar-refractivity contribution in [3.05, 3.63) is 85.6 Å². The van der Waals surface area contributed by atoms with Crippen LogP contribution in [-0.4, -0.2) is 30.1 Å². The Hall–Kier alpha value is -3.08. The molecule has 0 saturated carbocycles. The van der Waals surface area contributed by atoms with Crippen LogP contribution < -0.4 is 5.32 Å². The number of aryl methyl sites for hydroxylation is 1. The average molecular weight is 458 g/mol. The molecule has 0 atom stereocenters. The van der Waals surface area contributed by atoms with Gasteiger partial charge in [0.1, 0.15) is 0 Å². The Morgan fingerprint density at radius 2 is 2.00 bits per heavy atom. The molecule has 160 valence electrons. The minimum atomic E-state index is -3.77. The van der Waals surface area contributed by atoms with Gasteiger partial charge in [-0.1, -0.05) is 12.1 Å². The summed E-state index contributed by atoms with van der Waals surface area (Å²) in [6.45, 7) is 2.42. The van der Waals surface area contributed by atoms with Crippen molar-refractivity contribution in [2.45, 2.75) is 24.8 Å². The number of non-ortho nitro benzene ring substituents is 1. The molecular weight excluding hydrogens is 438 g/mol. The van der Waals surface area contributed by atoms with Crippen LogP contribution in [-0.2, 0) is 23.0 Å². The van der Waals surface area contributed by atoms with E-state index < -0.39 is 20.9 Å². The number of benzene rings is 2. The highest BCUT2D eigenvalue weighted by molar-refractivity contribution is 7.89. The minimum absolute atomic E-state index is 0.0367. The number of nitro groups is 1. The molecule has 2 heterocycles. The number of carbonyl (C=O) groups is 1. The number of nitrogens with one attached hydrogen (secondary N) is 1. The van der Waals surface area contributed by atoms with E-state index in [2.05, 4.69) is 5.32 Å². The monoisotopic (exact) mass is 457 g/mol. The van der Waals surface area contributed by atoms with E-state index in [-0.39, 0.29) is 16.1 Å². The van der Waals surface area contributed by atoms with E-state index in [0.717, 1.165) is 5.56 Å². The van der Waals surface area contributed by atoms with E-state index >= 15 is 0 Å². The van der Waals surface area contributed by atoms with Crippen LogP contribution in [0.4, 0.5) is 11.4 Å². The highest BCUT2D eigenvalue weighted by Gasteiger charge is 2.29. The topological polar surface area (TPSA) is 110 Å². The van der Waals surface area contributed by atoms with Crippen LogP contribution in [0.3, 0.4) is 0 Å². The van der Waals surface area contributed by atoms with Gasteiger partial charge in [-0.2, -0.15) is 4.31 Å². The quantitative estimate of drug-likeness (QED) is 0.461. The van der Waals surface area contributed by atoms with Crippen LogP contribution in [0.15, 0.2) is 58.8 Å². The Labute approximate surface area is 183 Å². The maximum absolute atomic E-state index is 13.1. The van der Waals surface area contributed by atoms with Gasteiger partial charge < -0.3 is 5.32 Å². The summed E-state index contributed by atoms with van der Waals surface area (Å²) in [5, 5.41) is 15.6. The van der Waals surface area contributed by atoms with Crippen LogP contribution in [0.2, 0.25) is 0 Å². The van der Waals surface area contributed by atoms with E-state index in [1.54, 1.807) is 24.3 Å². The number of hydrogen-bond donors (Lipinski definition) is 1. The fourth-order valence-corrected chi connectivity index (χ4v) is 5.78. The second-order valence-electron chi connectivity index (χ2n) is 7.20. The predicted octanol–water partition coefficient (Wildman–Crippen LogP) is 3.96. The number of anilines is 1. The molecule has 0 spiro atoms. The Balaban J connectivity index is 1.58. The van der Waals surface area contributed by atoms with E-state index in [9.17, 15) is 23.3 Å². The summed E-state index contributed by atoms with van der Waals surface area (Å²) in [7, 11) is -3.77. The first-order valence-corrected chi connectivity index (χ1v) is 11.8. The molecule has 1 N–H and O–H groups in total. The van der Waals surface area contributed by atoms with E-state index in [4.69, 9.17) is 0 Å². The molecule has 31 heavy (non-hydrogen) atoms. The van der Waals surface area contributed by atoms with Crippen molar-refractivity contribution in [2.75, 3.05) is 11.9 Å². The molecule has 1 aromatic heterocycles. The Kier molecular flexibility index (Phi) is 5.61. The van der Waals surface area contributed by atoms with E-state index in [1.807, 2.05) is 11.4 Å². The summed E-state index contributed by atoms with van der Waals surface area (Å²) >= 11 is 1.63. The Morgan fingerprint density at radius 1 is 1.19 bits per heavy atom. The molecule has 4 rings (SSSR count). The first-order chi connectivity index (χ1) is 14.8. The molecule has 8 nitrogen and oxygen atoms in total. The largest absolute Gasteiger partial charge is 0.321 e. The van der Waals surface area contributed by atoms with Gasteiger partial charge in [-0.25, -0.2) is 8.42 Å². The van der Waals surface area contributed by atoms with Gasteiger partial charge in [-0.15, -0.1) is 11.3 Å². The van der Waals surface area contributed by atoms with Crippen molar-refractivity contribution in [3.63, 3.8) is 0 Å². The number of thiophene rings is 1. The lowest BCUT2D eigenvalue weighted by Crippen LogP contribution is -2.35. The maximum atomic E-state index is 13.1. The van der Waals surface area contributed by atoms with Gasteiger partial charge in [0.2, 0.25) is 10.0 Å². The summed E-state index contributed by atoms with van der Waals surface area (Å²) in [6.07, 6.45) is 0.665. The van der Waals surface area contributed by atoms with Crippen molar-refractivity contribution in [2.24, 2.45) is 0 Å². The van der Waals surface area contributed by atoms with Gasteiger partial charge in [-0.05, 0) is 54.1 Å². The molecule has 0 radical (unpaired) electrons. The van der Waals surface area contributed by atoms with Crippen LogP contribution in [0, 0.1) is 17.0 Å². The number of nitro benzene ring substituents is 1. The molecule has 0 unspecified atom stereocenters. The molecule has 3 aromatic rings. The van der Waals surface area contributed by atoms with Crippen molar-refractivity contribution in [1.29, 1.82) is 0 Å². The van der Waals surface area contributed by atoms with Crippen molar-refractivity contribution in [3.8, 4) is 0 Å². The molecule has 1 aliphatic heterocycles. The van der Waals surface area contributed by atoms with Crippen LogP contribution in [0.1, 0.15) is 26.4 Å². The van der Waals surface area contributed by atoms with E-state index in [0.29, 0.717) is 30.8 Å². The predicted molar refractivity (Wildman–Crippen MR) is 118 cm³/mol. The highest BCUT2D eigenvalue weighted by atomic mass is 32.2. The Bertz CT molecular complexity index is 1280. The zero-order valence-electron chi connectivity index (χ0n) is 16.6. The van der Waals surface area contributed by atoms with E-state index in [1.165, 1.54) is 45.6 Å². The number of fused-ring (bicyclic) bond motifs is 1. The number of carbonyl (C=O) groups excluding carboxylic acids is 1. The smallest absolute Gasteiger partial charge is 0.271 e. The zero-order valence-corrected chi connectivity index (χ0v) is 18.2. The van der Waals surface area contributed by atoms with Gasteiger partial charge >= 0.3 is 0 Å². The fraction of sp³-hybridized carbons (Fsp3) is 0.190. The van der Waals surface area contributed by atoms with Crippen LogP contribution in [0.25, 0.3) is 0 Å². The normalized spacial score (nSPS) is 14.1. The Morgan fingerprint density at radius 3 is 2.77 bits per heavy atom. The number of nitrogens with zero attached hydrogens (tertiary/aromatic N) is 2. The van der Waals surface area contributed by atoms with Gasteiger partial charge in [0.25, 0.3) is 11.6 Å². The molecule has 10 heteroatoms. The average Bonchev–Trinajstić information content (AvgIpc) is 3.23. The number of amides is 1. The second-order valence-corrected chi connectivity index (χ2v) is 10.1. The molecule has 2 aromatic carbocycles. The first-order valence-electron chi connectivity index (χ1n) is 9.47. The summed E-state index contributed by atoms with van der Waals surface area (Å²) in [6, 6.07) is 11.9. The number of sulfonamides is 1. The lowest BCUT2D eigenvalue weighted by atomic mass is 10.1. The number of rotatable bonds is 5. The first kappa shape index (κ1) is 21.2. The highest BCUT2D eigenvalue weighted by Crippen LogP contribution is 2.29. The molecule has 0 saturated heterocycles. The molecule has 0 fully saturated rings. The third-order valence-electron chi connectivity index (χ3n) is 5.19. The van der Waals surface area contributed by atoms with Crippen LogP contribution in [0.5, 0.6) is 0 Å². The summed E-state index contributed by atoms with van der Waals surface area (Å²) in [4.78, 5) is 24.4. The van der Waals surface area contributed by atoms with Gasteiger partial charge in [0.15, 0.2) is 0 Å². The SMILES string of the molecule is Cc1ccc([N+](=O)[O-])cc1NC(=O)c1cccc(S(=O)(=O)N2CCc3sccc3C2)c1. The summed E-state index contributed by atoms with van der Waals surface area (Å²) in [5.41, 5.74) is 1.97. The third kappa shape index (κ3) is 4.22. The summed E-state index contributed by atoms with van der Waals surface area (Å²) < 4.78 is 27.7. The lowest BCUT2D eigenvalue weighted by molar-refractivity contribution is -0.384. The molecule has 1 amide bonds. The molecular formula is C21H19N3O5S2. The fourth-order valence-electron chi connectivity index (χ4n) is 3.43. The van der Waals surface area contributed by atoms with Crippen molar-refractivity contribution in [1.82, 2.24) is 4.31 Å². The maximum Gasteiger partial charge on any atom is 0.271 e. The van der Waals surface area contributed by atoms with Gasteiger partial charge in [-0.3, -0.25) is 14.9 Å². The zero-order chi connectivity index (χ0) is 22.2. The minimum Gasteiger partial charge on any atom is -0.321 e. The van der Waals surface area contributed by atoms with Crippen LogP contribution >= 0.6 is 11.3 Å². The van der Waals surface area contributed by atoms with Crippen molar-refractivity contribution < 1.29 is 18.1 Å². The van der Waals surface area contributed by atoms with Gasteiger partial charge in [0, 0.05) is 35.7 Å². The van der Waals surface area contributed by atoms with Crippen molar-refractivity contribution >= 4 is 38.6 Å². The third-order valence-corrected chi connectivity index (χ3v) is 8.05. The molecule has 0 aliphatic carbocycles. The standard InChI is InChI=1S/C21H19N3O5S2/c1-14-5-6-17(24(26)27)12-19(14)22-21(25)15-3-2-4-18(11-15)31(28,29)23-9-7-20-16(13-23)8-10-30-20/h2-6,8,10-12H,7,9,13H2,1H3,(H,22,25). The molecule has 1 aliphatic rings. The number of hydrogen-bond acceptors (Lipinski definition) is 6. The second kappa shape index (κ2) is 8.22.